The Morgan fingerprint density at radius 3 is 2.83 bits per heavy atom. The van der Waals surface area contributed by atoms with Gasteiger partial charge in [-0.2, -0.15) is 0 Å². The molecule has 1 aromatic carbocycles. The molecule has 7 nitrogen and oxygen atoms in total. The van der Waals surface area contributed by atoms with E-state index in [4.69, 9.17) is 9.47 Å². The molecule has 0 radical (unpaired) electrons. The molecule has 0 aliphatic rings. The van der Waals surface area contributed by atoms with Crippen LogP contribution in [0, 0.1) is 5.21 Å². The summed E-state index contributed by atoms with van der Waals surface area (Å²) < 4.78 is 11.4. The lowest BCUT2D eigenvalue weighted by Crippen LogP contribution is -2.33. The quantitative estimate of drug-likeness (QED) is 0.309. The molecule has 0 fully saturated rings. The first-order valence-corrected chi connectivity index (χ1v) is 7.86. The summed E-state index contributed by atoms with van der Waals surface area (Å²) in [4.78, 5) is 27.8. The first-order chi connectivity index (χ1) is 11.5. The van der Waals surface area contributed by atoms with Crippen LogP contribution < -0.4 is 9.47 Å². The highest BCUT2D eigenvalue weighted by Crippen LogP contribution is 2.24. The molecule has 24 heavy (non-hydrogen) atoms. The lowest BCUT2D eigenvalue weighted by molar-refractivity contribution is -0.620. The number of halogens is 1. The fraction of sp³-hybridized carbons (Fsp3) is 0.250. The van der Waals surface area contributed by atoms with Crippen molar-refractivity contribution in [3.8, 4) is 5.75 Å². The number of benzene rings is 1. The van der Waals surface area contributed by atoms with Crippen LogP contribution in [-0.4, -0.2) is 23.8 Å². The molecule has 0 amide bonds. The molecule has 0 aliphatic carbocycles. The van der Waals surface area contributed by atoms with Gasteiger partial charge in [-0.1, -0.05) is 15.9 Å². The Bertz CT molecular complexity index is 751. The second-order valence-electron chi connectivity index (χ2n) is 4.79. The van der Waals surface area contributed by atoms with E-state index in [1.807, 2.05) is 0 Å². The molecule has 2 rings (SSSR count). The normalized spacial score (nSPS) is 10.2. The Kier molecular flexibility index (Phi) is 6.25. The molecule has 1 heterocycles. The number of Topliss-reactive ketones (excluding diaryl/α,β-unsaturated/α-hetero) is 1. The van der Waals surface area contributed by atoms with Gasteiger partial charge >= 0.3 is 11.8 Å². The second kappa shape index (κ2) is 8.39. The summed E-state index contributed by atoms with van der Waals surface area (Å²) in [6, 6.07) is 6.54. The minimum Gasteiger partial charge on any atom is -0.711 e. The topological polar surface area (TPSA) is 92.4 Å². The van der Waals surface area contributed by atoms with Crippen molar-refractivity contribution < 1.29 is 23.8 Å². The number of carbonyl (C=O) groups is 2. The number of methoxy groups -OCH3 is 1. The second-order valence-corrected chi connectivity index (χ2v) is 5.71. The van der Waals surface area contributed by atoms with Gasteiger partial charge in [0.2, 0.25) is 0 Å². The van der Waals surface area contributed by atoms with Gasteiger partial charge in [0.15, 0.2) is 12.4 Å². The number of ether oxygens (including phenoxy) is 2. The maximum absolute atomic E-state index is 12.2. The van der Waals surface area contributed by atoms with Gasteiger partial charge in [0.1, 0.15) is 11.9 Å². The number of rotatable bonds is 7. The predicted molar refractivity (Wildman–Crippen MR) is 87.3 cm³/mol. The van der Waals surface area contributed by atoms with Crippen molar-refractivity contribution in [1.29, 1.82) is 0 Å². The molecule has 126 valence electrons. The van der Waals surface area contributed by atoms with Crippen LogP contribution in [0.4, 0.5) is 0 Å². The zero-order valence-electron chi connectivity index (χ0n) is 12.9. The number of esters is 1. The van der Waals surface area contributed by atoms with Crippen LogP contribution >= 0.6 is 15.9 Å². The third kappa shape index (κ3) is 4.76. The Labute approximate surface area is 146 Å². The summed E-state index contributed by atoms with van der Waals surface area (Å²) in [6.45, 7) is -0.239. The van der Waals surface area contributed by atoms with E-state index in [0.717, 1.165) is 4.47 Å². The number of hydrogen-bond acceptors (Lipinski definition) is 6. The zero-order valence-corrected chi connectivity index (χ0v) is 14.5. The Hall–Kier alpha value is -2.48. The summed E-state index contributed by atoms with van der Waals surface area (Å²) in [5, 5.41) is 11.4. The van der Waals surface area contributed by atoms with Crippen LogP contribution in [0.25, 0.3) is 0 Å². The van der Waals surface area contributed by atoms with Gasteiger partial charge in [-0.15, -0.1) is 0 Å². The molecule has 0 spiro atoms. The van der Waals surface area contributed by atoms with Crippen molar-refractivity contribution in [3.05, 3.63) is 57.7 Å². The lowest BCUT2D eigenvalue weighted by atomic mass is 10.1. The Balaban J connectivity index is 1.89. The van der Waals surface area contributed by atoms with E-state index in [0.29, 0.717) is 16.0 Å². The standard InChI is InChI=1S/C16H15BrN2O5/c1-23-14-5-3-11(17)9-12(14)13(20)4-6-16(21)24-10-15-18-7-2-8-19(15)22/h2-3,5,7-9H,4,6,10H2,1H3. The summed E-state index contributed by atoms with van der Waals surface area (Å²) in [5.74, 6) is -0.298. The summed E-state index contributed by atoms with van der Waals surface area (Å²) >= 11 is 3.29. The van der Waals surface area contributed by atoms with Gasteiger partial charge in [-0.05, 0) is 23.2 Å². The molecular weight excluding hydrogens is 380 g/mol. The fourth-order valence-electron chi connectivity index (χ4n) is 1.96. The van der Waals surface area contributed by atoms with E-state index >= 15 is 0 Å². The summed E-state index contributed by atoms with van der Waals surface area (Å²) in [5.41, 5.74) is 0.391. The van der Waals surface area contributed by atoms with Crippen LogP contribution in [0.3, 0.4) is 0 Å². The van der Waals surface area contributed by atoms with Gasteiger partial charge in [-0.3, -0.25) is 9.59 Å². The largest absolute Gasteiger partial charge is 0.711 e. The molecule has 0 bridgehead atoms. The highest BCUT2D eigenvalue weighted by atomic mass is 79.9. The third-order valence-corrected chi connectivity index (χ3v) is 3.66. The predicted octanol–water partition coefficient (Wildman–Crippen LogP) is 2.19. The van der Waals surface area contributed by atoms with Crippen LogP contribution in [0.5, 0.6) is 5.75 Å². The van der Waals surface area contributed by atoms with E-state index in [9.17, 15) is 14.8 Å². The zero-order chi connectivity index (χ0) is 17.5. The maximum Gasteiger partial charge on any atom is 0.339 e. The molecule has 0 N–H and O–H groups in total. The number of hydrogen-bond donors (Lipinski definition) is 0. The van der Waals surface area contributed by atoms with Gasteiger partial charge < -0.3 is 14.7 Å². The molecule has 1 aromatic heterocycles. The van der Waals surface area contributed by atoms with Crippen molar-refractivity contribution in [3.63, 3.8) is 0 Å². The Morgan fingerprint density at radius 1 is 1.33 bits per heavy atom. The third-order valence-electron chi connectivity index (χ3n) is 3.17. The van der Waals surface area contributed by atoms with Gasteiger partial charge in [-0.25, -0.2) is 4.73 Å². The van der Waals surface area contributed by atoms with Crippen molar-refractivity contribution >= 4 is 27.7 Å². The van der Waals surface area contributed by atoms with Crippen molar-refractivity contribution in [2.45, 2.75) is 19.4 Å². The molecule has 0 saturated carbocycles. The molecule has 0 atom stereocenters. The van der Waals surface area contributed by atoms with E-state index < -0.39 is 5.97 Å². The van der Waals surface area contributed by atoms with Gasteiger partial charge in [0.25, 0.3) is 0 Å². The molecule has 0 aliphatic heterocycles. The Morgan fingerprint density at radius 2 is 2.12 bits per heavy atom. The first-order valence-electron chi connectivity index (χ1n) is 7.06. The van der Waals surface area contributed by atoms with Crippen LogP contribution in [0.2, 0.25) is 0 Å². The first kappa shape index (κ1) is 17.9. The van der Waals surface area contributed by atoms with Crippen molar-refractivity contribution in [2.75, 3.05) is 7.11 Å². The number of aromatic nitrogens is 2. The number of carbonyl (C=O) groups excluding carboxylic acids is 2. The summed E-state index contributed by atoms with van der Waals surface area (Å²) in [7, 11) is 1.47. The smallest absolute Gasteiger partial charge is 0.339 e. The SMILES string of the molecule is COc1ccc(Br)cc1C(=O)CCC(=O)OCc1nccc[n+]1[O-]. The fourth-order valence-corrected chi connectivity index (χ4v) is 2.32. The summed E-state index contributed by atoms with van der Waals surface area (Å²) in [6.07, 6.45) is 2.57. The highest BCUT2D eigenvalue weighted by molar-refractivity contribution is 9.10. The van der Waals surface area contributed by atoms with Crippen LogP contribution in [-0.2, 0) is 16.1 Å². The lowest BCUT2D eigenvalue weighted by Gasteiger charge is -2.08. The van der Waals surface area contributed by atoms with E-state index in [1.54, 1.807) is 18.2 Å². The maximum atomic E-state index is 12.2. The average Bonchev–Trinajstić information content (AvgIpc) is 2.59. The molecule has 2 aromatic rings. The molecule has 0 unspecified atom stereocenters. The molecule has 0 saturated heterocycles. The minimum absolute atomic E-state index is 0.0226. The van der Waals surface area contributed by atoms with Crippen LogP contribution in [0.15, 0.2) is 41.1 Å². The molecular formula is C16H15BrN2O5. The minimum atomic E-state index is -0.581. The van der Waals surface area contributed by atoms with E-state index in [-0.39, 0.29) is 31.1 Å². The van der Waals surface area contributed by atoms with E-state index in [1.165, 1.54) is 25.6 Å². The molecule has 8 heteroatoms. The highest BCUT2D eigenvalue weighted by Gasteiger charge is 2.16. The van der Waals surface area contributed by atoms with Gasteiger partial charge in [0, 0.05) is 17.0 Å². The van der Waals surface area contributed by atoms with Gasteiger partial charge in [0.05, 0.1) is 25.3 Å². The van der Waals surface area contributed by atoms with Crippen LogP contribution in [0.1, 0.15) is 29.0 Å². The van der Waals surface area contributed by atoms with E-state index in [2.05, 4.69) is 20.9 Å². The monoisotopic (exact) mass is 394 g/mol. The van der Waals surface area contributed by atoms with Crippen molar-refractivity contribution in [1.82, 2.24) is 4.98 Å². The number of nitrogens with zero attached hydrogens (tertiary/aromatic N) is 2. The van der Waals surface area contributed by atoms with Crippen molar-refractivity contribution in [2.24, 2.45) is 0 Å². The number of ketones is 1. The average molecular weight is 395 g/mol.